The minimum absolute atomic E-state index is 0. The molecule has 3 rings (SSSR count). The van der Waals surface area contributed by atoms with Gasteiger partial charge in [-0.15, -0.1) is 12.4 Å². The number of hydrogen-bond acceptors (Lipinski definition) is 3. The predicted octanol–water partition coefficient (Wildman–Crippen LogP) is 3.04. The molecule has 5 nitrogen and oxygen atoms in total. The van der Waals surface area contributed by atoms with Gasteiger partial charge in [0.25, 0.3) is 5.91 Å². The number of amides is 1. The highest BCUT2D eigenvalue weighted by atomic mass is 35.5. The Morgan fingerprint density at radius 3 is 2.85 bits per heavy atom. The highest BCUT2D eigenvalue weighted by Gasteiger charge is 2.35. The molecule has 0 radical (unpaired) electrons. The number of rotatable bonds is 5. The Hall–Kier alpha value is -2.06. The Kier molecular flexibility index (Phi) is 6.66. The van der Waals surface area contributed by atoms with Gasteiger partial charge in [-0.2, -0.15) is 18.3 Å². The van der Waals surface area contributed by atoms with Gasteiger partial charge in [-0.25, -0.2) is 4.68 Å². The SMILES string of the molecule is Cl.O=C(NCCC1CCNC1)c1cccc(-n2nccc2C(F)(F)F)c1. The predicted molar refractivity (Wildman–Crippen MR) is 93.7 cm³/mol. The summed E-state index contributed by atoms with van der Waals surface area (Å²) in [7, 11) is 0. The average molecular weight is 389 g/mol. The van der Waals surface area contributed by atoms with E-state index in [2.05, 4.69) is 15.7 Å². The standard InChI is InChI=1S/C17H19F3N4O.ClH/c18-17(19,20)15-6-9-23-24(15)14-3-1-2-13(10-14)16(25)22-8-5-12-4-7-21-11-12;/h1-3,6,9-10,12,21H,4-5,7-8,11H2,(H,22,25);1H. The molecule has 2 N–H and O–H groups in total. The van der Waals surface area contributed by atoms with Gasteiger partial charge in [0, 0.05) is 12.1 Å². The van der Waals surface area contributed by atoms with Crippen LogP contribution in [0.1, 0.15) is 28.9 Å². The number of aromatic nitrogens is 2. The van der Waals surface area contributed by atoms with Gasteiger partial charge in [0.1, 0.15) is 5.69 Å². The molecule has 1 aromatic heterocycles. The van der Waals surface area contributed by atoms with Gasteiger partial charge < -0.3 is 10.6 Å². The molecule has 142 valence electrons. The van der Waals surface area contributed by atoms with Crippen LogP contribution in [0.4, 0.5) is 13.2 Å². The van der Waals surface area contributed by atoms with E-state index in [-0.39, 0.29) is 24.0 Å². The molecule has 1 saturated heterocycles. The average Bonchev–Trinajstić information content (AvgIpc) is 3.26. The van der Waals surface area contributed by atoms with E-state index >= 15 is 0 Å². The van der Waals surface area contributed by atoms with Crippen molar-refractivity contribution in [1.82, 2.24) is 20.4 Å². The third-order valence-corrected chi connectivity index (χ3v) is 4.29. The number of nitrogens with zero attached hydrogens (tertiary/aromatic N) is 2. The number of halogens is 4. The number of hydrogen-bond donors (Lipinski definition) is 2. The van der Waals surface area contributed by atoms with E-state index in [1.54, 1.807) is 12.1 Å². The van der Waals surface area contributed by atoms with E-state index < -0.39 is 11.9 Å². The summed E-state index contributed by atoms with van der Waals surface area (Å²) in [5.41, 5.74) is -0.366. The van der Waals surface area contributed by atoms with Crippen LogP contribution in [0.2, 0.25) is 0 Å². The number of carbonyl (C=O) groups excluding carboxylic acids is 1. The summed E-state index contributed by atoms with van der Waals surface area (Å²) < 4.78 is 39.8. The van der Waals surface area contributed by atoms with Crippen molar-refractivity contribution in [3.8, 4) is 5.69 Å². The maximum absolute atomic E-state index is 13.0. The Balaban J connectivity index is 0.00000243. The lowest BCUT2D eigenvalue weighted by atomic mass is 10.1. The number of carbonyl (C=O) groups is 1. The lowest BCUT2D eigenvalue weighted by Gasteiger charge is -2.12. The third-order valence-electron chi connectivity index (χ3n) is 4.29. The largest absolute Gasteiger partial charge is 0.433 e. The molecule has 1 fully saturated rings. The zero-order chi connectivity index (χ0) is 17.9. The maximum Gasteiger partial charge on any atom is 0.433 e. The molecule has 1 aliphatic rings. The molecular formula is C17H20ClF3N4O. The van der Waals surface area contributed by atoms with Gasteiger partial charge in [0.2, 0.25) is 0 Å². The molecule has 1 aliphatic heterocycles. The highest BCUT2D eigenvalue weighted by Crippen LogP contribution is 2.30. The normalized spacial score (nSPS) is 17.0. The third kappa shape index (κ3) is 4.76. The molecule has 0 spiro atoms. The second kappa shape index (κ2) is 8.55. The molecule has 1 aromatic carbocycles. The molecule has 0 bridgehead atoms. The van der Waals surface area contributed by atoms with E-state index in [9.17, 15) is 18.0 Å². The first-order valence-corrected chi connectivity index (χ1v) is 8.16. The quantitative estimate of drug-likeness (QED) is 0.827. The van der Waals surface area contributed by atoms with Crippen molar-refractivity contribution < 1.29 is 18.0 Å². The minimum atomic E-state index is -4.51. The highest BCUT2D eigenvalue weighted by molar-refractivity contribution is 5.94. The van der Waals surface area contributed by atoms with Crippen LogP contribution in [0.25, 0.3) is 5.69 Å². The zero-order valence-electron chi connectivity index (χ0n) is 13.9. The maximum atomic E-state index is 13.0. The van der Waals surface area contributed by atoms with E-state index in [0.717, 1.165) is 42.9 Å². The van der Waals surface area contributed by atoms with Crippen molar-refractivity contribution in [1.29, 1.82) is 0 Å². The molecule has 9 heteroatoms. The van der Waals surface area contributed by atoms with Crippen LogP contribution in [-0.2, 0) is 6.18 Å². The van der Waals surface area contributed by atoms with Crippen LogP contribution in [0.3, 0.4) is 0 Å². The van der Waals surface area contributed by atoms with Gasteiger partial charge in [-0.05, 0) is 56.1 Å². The molecule has 1 amide bonds. The Morgan fingerprint density at radius 2 is 2.15 bits per heavy atom. The molecule has 1 atom stereocenters. The van der Waals surface area contributed by atoms with Crippen molar-refractivity contribution in [2.75, 3.05) is 19.6 Å². The van der Waals surface area contributed by atoms with Crippen LogP contribution in [0, 0.1) is 5.92 Å². The van der Waals surface area contributed by atoms with Crippen LogP contribution in [0.5, 0.6) is 0 Å². The summed E-state index contributed by atoms with van der Waals surface area (Å²) in [6, 6.07) is 6.93. The Bertz CT molecular complexity index is 742. The molecule has 0 saturated carbocycles. The van der Waals surface area contributed by atoms with Crippen LogP contribution in [-0.4, -0.2) is 35.3 Å². The van der Waals surface area contributed by atoms with E-state index in [1.807, 2.05) is 0 Å². The summed E-state index contributed by atoms with van der Waals surface area (Å²) >= 11 is 0. The molecular weight excluding hydrogens is 369 g/mol. The fourth-order valence-electron chi connectivity index (χ4n) is 2.96. The molecule has 26 heavy (non-hydrogen) atoms. The first-order valence-electron chi connectivity index (χ1n) is 8.16. The smallest absolute Gasteiger partial charge is 0.352 e. The van der Waals surface area contributed by atoms with Crippen molar-refractivity contribution in [2.45, 2.75) is 19.0 Å². The fraction of sp³-hybridized carbons (Fsp3) is 0.412. The van der Waals surface area contributed by atoms with Crippen LogP contribution < -0.4 is 10.6 Å². The molecule has 2 heterocycles. The lowest BCUT2D eigenvalue weighted by Crippen LogP contribution is -2.26. The van der Waals surface area contributed by atoms with Gasteiger partial charge >= 0.3 is 6.18 Å². The summed E-state index contributed by atoms with van der Waals surface area (Å²) in [4.78, 5) is 12.2. The number of nitrogens with one attached hydrogen (secondary N) is 2. The first kappa shape index (κ1) is 20.3. The first-order chi connectivity index (χ1) is 11.9. The second-order valence-corrected chi connectivity index (χ2v) is 6.08. The van der Waals surface area contributed by atoms with E-state index in [1.165, 1.54) is 12.1 Å². The van der Waals surface area contributed by atoms with Gasteiger partial charge in [-0.3, -0.25) is 4.79 Å². The van der Waals surface area contributed by atoms with Crippen molar-refractivity contribution in [3.63, 3.8) is 0 Å². The topological polar surface area (TPSA) is 59.0 Å². The minimum Gasteiger partial charge on any atom is -0.352 e. The zero-order valence-corrected chi connectivity index (χ0v) is 14.7. The van der Waals surface area contributed by atoms with Crippen molar-refractivity contribution >= 4 is 18.3 Å². The van der Waals surface area contributed by atoms with Crippen molar-refractivity contribution in [3.05, 3.63) is 47.8 Å². The lowest BCUT2D eigenvalue weighted by molar-refractivity contribution is -0.142. The molecule has 0 aliphatic carbocycles. The Morgan fingerprint density at radius 1 is 1.35 bits per heavy atom. The number of alkyl halides is 3. The van der Waals surface area contributed by atoms with Gasteiger partial charge in [0.15, 0.2) is 0 Å². The second-order valence-electron chi connectivity index (χ2n) is 6.08. The van der Waals surface area contributed by atoms with Gasteiger partial charge in [-0.1, -0.05) is 6.07 Å². The summed E-state index contributed by atoms with van der Waals surface area (Å²) in [6.07, 6.45) is -1.43. The monoisotopic (exact) mass is 388 g/mol. The number of benzene rings is 1. The Labute approximate surface area is 155 Å². The summed E-state index contributed by atoms with van der Waals surface area (Å²) in [6.45, 7) is 2.52. The van der Waals surface area contributed by atoms with Crippen molar-refractivity contribution in [2.24, 2.45) is 5.92 Å². The molecule has 2 aromatic rings. The summed E-state index contributed by atoms with van der Waals surface area (Å²) in [5.74, 6) is 0.263. The van der Waals surface area contributed by atoms with Gasteiger partial charge in [0.05, 0.1) is 11.9 Å². The fourth-order valence-corrected chi connectivity index (χ4v) is 2.96. The van der Waals surface area contributed by atoms with E-state index in [0.29, 0.717) is 18.0 Å². The molecule has 1 unspecified atom stereocenters. The van der Waals surface area contributed by atoms with Crippen LogP contribution in [0.15, 0.2) is 36.5 Å². The van der Waals surface area contributed by atoms with E-state index in [4.69, 9.17) is 0 Å². The van der Waals surface area contributed by atoms with Crippen LogP contribution >= 0.6 is 12.4 Å². The summed E-state index contributed by atoms with van der Waals surface area (Å²) in [5, 5.41) is 9.82.